The summed E-state index contributed by atoms with van der Waals surface area (Å²) in [4.78, 5) is 21.2. The molecule has 0 radical (unpaired) electrons. The highest BCUT2D eigenvalue weighted by Gasteiger charge is 2.41. The van der Waals surface area contributed by atoms with Gasteiger partial charge in [0.2, 0.25) is 5.91 Å². The number of amides is 1. The molecule has 5 heteroatoms. The van der Waals surface area contributed by atoms with Crippen LogP contribution < -0.4 is 0 Å². The van der Waals surface area contributed by atoms with Gasteiger partial charge in [0, 0.05) is 32.0 Å². The van der Waals surface area contributed by atoms with Crippen LogP contribution in [0.3, 0.4) is 0 Å². The summed E-state index contributed by atoms with van der Waals surface area (Å²) in [6, 6.07) is 4.16. The Hall–Kier alpha value is -1.46. The summed E-state index contributed by atoms with van der Waals surface area (Å²) < 4.78 is 0. The van der Waals surface area contributed by atoms with Crippen LogP contribution in [0.2, 0.25) is 0 Å². The first-order valence-electron chi connectivity index (χ1n) is 10.2. The Morgan fingerprint density at radius 2 is 1.77 bits per heavy atom. The molecule has 1 amide bonds. The second-order valence-corrected chi connectivity index (χ2v) is 8.77. The van der Waals surface area contributed by atoms with Crippen LogP contribution in [-0.2, 0) is 11.3 Å². The molecule has 2 saturated heterocycles. The van der Waals surface area contributed by atoms with E-state index in [2.05, 4.69) is 16.0 Å². The van der Waals surface area contributed by atoms with Crippen LogP contribution in [0.25, 0.3) is 0 Å². The fraction of sp³-hybridized carbons (Fsp3) is 0.714. The molecule has 3 fully saturated rings. The molecule has 0 aromatic carbocycles. The number of nitrogens with zero attached hydrogens (tertiary/aromatic N) is 3. The zero-order chi connectivity index (χ0) is 18.0. The van der Waals surface area contributed by atoms with E-state index in [-0.39, 0.29) is 5.91 Å². The zero-order valence-electron chi connectivity index (χ0n) is 15.7. The Morgan fingerprint density at radius 3 is 2.35 bits per heavy atom. The molecule has 3 heterocycles. The molecule has 1 aromatic rings. The summed E-state index contributed by atoms with van der Waals surface area (Å²) in [5.74, 6) is 0.163. The van der Waals surface area contributed by atoms with Gasteiger partial charge in [0.1, 0.15) is 0 Å². The lowest BCUT2D eigenvalue weighted by Gasteiger charge is -2.47. The van der Waals surface area contributed by atoms with Crippen LogP contribution in [0, 0.1) is 5.41 Å². The smallest absolute Gasteiger partial charge is 0.225 e. The molecular formula is C21H31N3O2. The predicted octanol–water partition coefficient (Wildman–Crippen LogP) is 2.59. The number of hydrogen-bond acceptors (Lipinski definition) is 4. The standard InChI is InChI=1S/C21H31N3O2/c25-19(15-21(26)4-2-5-21)24-13-8-20(9-14-24)6-11-23(12-7-20)17-18-3-1-10-22-16-18/h1,3,10,16,26H,2,4-9,11-15,17H2. The summed E-state index contributed by atoms with van der Waals surface area (Å²) in [6.07, 6.45) is 11.5. The van der Waals surface area contributed by atoms with Crippen molar-refractivity contribution >= 4 is 5.91 Å². The minimum absolute atomic E-state index is 0.163. The van der Waals surface area contributed by atoms with Gasteiger partial charge in [0.15, 0.2) is 0 Å². The van der Waals surface area contributed by atoms with Crippen molar-refractivity contribution in [2.75, 3.05) is 26.2 Å². The van der Waals surface area contributed by atoms with Gasteiger partial charge in [-0.3, -0.25) is 14.7 Å². The lowest BCUT2D eigenvalue weighted by molar-refractivity contribution is -0.143. The molecule has 26 heavy (non-hydrogen) atoms. The van der Waals surface area contributed by atoms with Crippen molar-refractivity contribution in [3.63, 3.8) is 0 Å². The Labute approximate surface area is 156 Å². The molecular weight excluding hydrogens is 326 g/mol. The summed E-state index contributed by atoms with van der Waals surface area (Å²) in [6.45, 7) is 5.02. The molecule has 2 aliphatic heterocycles. The Morgan fingerprint density at radius 1 is 1.08 bits per heavy atom. The average Bonchev–Trinajstić information content (AvgIpc) is 2.64. The summed E-state index contributed by atoms with van der Waals surface area (Å²) in [7, 11) is 0. The van der Waals surface area contributed by atoms with Gasteiger partial charge in [0.05, 0.1) is 12.0 Å². The summed E-state index contributed by atoms with van der Waals surface area (Å²) in [5.41, 5.74) is 1.03. The van der Waals surface area contributed by atoms with Crippen LogP contribution in [-0.4, -0.2) is 57.6 Å². The number of hydrogen-bond donors (Lipinski definition) is 1. The molecule has 1 saturated carbocycles. The number of rotatable bonds is 4. The van der Waals surface area contributed by atoms with Crippen molar-refractivity contribution in [3.8, 4) is 0 Å². The van der Waals surface area contributed by atoms with Crippen LogP contribution in [0.15, 0.2) is 24.5 Å². The first-order chi connectivity index (χ1) is 12.6. The van der Waals surface area contributed by atoms with E-state index in [1.165, 1.54) is 18.4 Å². The molecule has 1 aliphatic carbocycles. The van der Waals surface area contributed by atoms with E-state index < -0.39 is 5.60 Å². The third-order valence-corrected chi connectivity index (χ3v) is 6.99. The fourth-order valence-electron chi connectivity index (χ4n) is 4.82. The molecule has 142 valence electrons. The van der Waals surface area contributed by atoms with Gasteiger partial charge in [-0.2, -0.15) is 0 Å². The van der Waals surface area contributed by atoms with E-state index >= 15 is 0 Å². The van der Waals surface area contributed by atoms with Crippen molar-refractivity contribution in [2.24, 2.45) is 5.41 Å². The van der Waals surface area contributed by atoms with Gasteiger partial charge < -0.3 is 10.0 Å². The van der Waals surface area contributed by atoms with E-state index in [0.29, 0.717) is 11.8 Å². The zero-order valence-corrected chi connectivity index (χ0v) is 15.7. The molecule has 3 aliphatic rings. The normalized spacial score (nSPS) is 25.0. The Bertz CT molecular complexity index is 611. The maximum Gasteiger partial charge on any atom is 0.225 e. The minimum atomic E-state index is -0.691. The lowest BCUT2D eigenvalue weighted by Crippen LogP contribution is -2.50. The quantitative estimate of drug-likeness (QED) is 0.900. The van der Waals surface area contributed by atoms with Gasteiger partial charge in [0.25, 0.3) is 0 Å². The van der Waals surface area contributed by atoms with Crippen molar-refractivity contribution in [1.82, 2.24) is 14.8 Å². The minimum Gasteiger partial charge on any atom is -0.389 e. The second-order valence-electron chi connectivity index (χ2n) is 8.77. The number of aromatic nitrogens is 1. The molecule has 5 nitrogen and oxygen atoms in total. The SMILES string of the molecule is O=C(CC1(O)CCC1)N1CCC2(CCN(Cc3cccnc3)CC2)CC1. The molecule has 0 bridgehead atoms. The summed E-state index contributed by atoms with van der Waals surface area (Å²) >= 11 is 0. The molecule has 0 atom stereocenters. The number of aliphatic hydroxyl groups is 1. The van der Waals surface area contributed by atoms with E-state index in [1.807, 2.05) is 23.4 Å². The van der Waals surface area contributed by atoms with Gasteiger partial charge in [-0.05, 0) is 75.1 Å². The van der Waals surface area contributed by atoms with Gasteiger partial charge in [-0.25, -0.2) is 0 Å². The number of piperidine rings is 2. The third kappa shape index (κ3) is 3.94. The van der Waals surface area contributed by atoms with Crippen LogP contribution in [0.4, 0.5) is 0 Å². The molecule has 0 unspecified atom stereocenters. The second kappa shape index (κ2) is 7.28. The van der Waals surface area contributed by atoms with Crippen molar-refractivity contribution < 1.29 is 9.90 Å². The molecule has 1 spiro atoms. The van der Waals surface area contributed by atoms with Crippen LogP contribution in [0.5, 0.6) is 0 Å². The predicted molar refractivity (Wildman–Crippen MR) is 100 cm³/mol. The van der Waals surface area contributed by atoms with E-state index in [9.17, 15) is 9.90 Å². The van der Waals surface area contributed by atoms with Crippen LogP contribution in [0.1, 0.15) is 56.9 Å². The molecule has 1 aromatic heterocycles. The van der Waals surface area contributed by atoms with E-state index in [4.69, 9.17) is 0 Å². The number of pyridine rings is 1. The molecule has 4 rings (SSSR count). The summed E-state index contributed by atoms with van der Waals surface area (Å²) in [5, 5.41) is 10.2. The maximum atomic E-state index is 12.5. The monoisotopic (exact) mass is 357 g/mol. The van der Waals surface area contributed by atoms with Crippen LogP contribution >= 0.6 is 0 Å². The van der Waals surface area contributed by atoms with Crippen molar-refractivity contribution in [2.45, 2.75) is 63.5 Å². The Kier molecular flexibility index (Phi) is 5.02. The number of carbonyl (C=O) groups excluding carboxylic acids is 1. The van der Waals surface area contributed by atoms with Crippen molar-refractivity contribution in [3.05, 3.63) is 30.1 Å². The van der Waals surface area contributed by atoms with E-state index in [0.717, 1.165) is 64.8 Å². The third-order valence-electron chi connectivity index (χ3n) is 6.99. The van der Waals surface area contributed by atoms with Crippen molar-refractivity contribution in [1.29, 1.82) is 0 Å². The van der Waals surface area contributed by atoms with Gasteiger partial charge in [-0.1, -0.05) is 6.07 Å². The van der Waals surface area contributed by atoms with Gasteiger partial charge >= 0.3 is 0 Å². The molecule has 1 N–H and O–H groups in total. The fourth-order valence-corrected chi connectivity index (χ4v) is 4.82. The number of likely N-dealkylation sites (tertiary alicyclic amines) is 2. The first-order valence-corrected chi connectivity index (χ1v) is 10.2. The first kappa shape index (κ1) is 17.9. The van der Waals surface area contributed by atoms with Gasteiger partial charge in [-0.15, -0.1) is 0 Å². The van der Waals surface area contributed by atoms with E-state index in [1.54, 1.807) is 0 Å². The maximum absolute atomic E-state index is 12.5. The average molecular weight is 357 g/mol. The lowest BCUT2D eigenvalue weighted by atomic mass is 9.71. The Balaban J connectivity index is 1.24. The highest BCUT2D eigenvalue weighted by molar-refractivity contribution is 5.77. The topological polar surface area (TPSA) is 56.7 Å². The highest BCUT2D eigenvalue weighted by atomic mass is 16.3. The highest BCUT2D eigenvalue weighted by Crippen LogP contribution is 2.42. The largest absolute Gasteiger partial charge is 0.389 e. The number of carbonyl (C=O) groups is 1.